The molecule has 4 heteroatoms. The average Bonchev–Trinajstić information content (AvgIpc) is 3.01. The number of nitrogens with one attached hydrogen (secondary N) is 1. The predicted octanol–water partition coefficient (Wildman–Crippen LogP) is 2.54. The summed E-state index contributed by atoms with van der Waals surface area (Å²) >= 11 is 0. The summed E-state index contributed by atoms with van der Waals surface area (Å²) in [5.74, 6) is 2.31. The van der Waals surface area contributed by atoms with Gasteiger partial charge in [0, 0.05) is 5.92 Å². The van der Waals surface area contributed by atoms with Gasteiger partial charge in [-0.2, -0.15) is 4.98 Å². The lowest BCUT2D eigenvalue weighted by Gasteiger charge is -2.19. The second kappa shape index (κ2) is 4.53. The first-order chi connectivity index (χ1) is 7.93. The van der Waals surface area contributed by atoms with Crippen LogP contribution in [0.15, 0.2) is 4.52 Å². The first kappa shape index (κ1) is 10.3. The fourth-order valence-corrected chi connectivity index (χ4v) is 2.80. The van der Waals surface area contributed by atoms with Gasteiger partial charge in [-0.05, 0) is 32.2 Å². The quantitative estimate of drug-likeness (QED) is 0.833. The number of aromatic nitrogens is 2. The number of piperidine rings is 1. The van der Waals surface area contributed by atoms with Gasteiger partial charge in [0.1, 0.15) is 0 Å². The lowest BCUT2D eigenvalue weighted by molar-refractivity contribution is 0.295. The first-order valence-corrected chi connectivity index (χ1v) is 6.50. The largest absolute Gasteiger partial charge is 0.338 e. The average molecular weight is 221 g/mol. The molecule has 16 heavy (non-hydrogen) atoms. The van der Waals surface area contributed by atoms with Gasteiger partial charge in [-0.15, -0.1) is 0 Å². The Hall–Kier alpha value is -0.900. The maximum absolute atomic E-state index is 5.39. The Morgan fingerprint density at radius 3 is 2.62 bits per heavy atom. The zero-order valence-electron chi connectivity index (χ0n) is 9.61. The molecule has 0 spiro atoms. The normalized spacial score (nSPS) is 27.4. The van der Waals surface area contributed by atoms with Gasteiger partial charge in [0.15, 0.2) is 5.82 Å². The fourth-order valence-electron chi connectivity index (χ4n) is 2.80. The minimum atomic E-state index is 0.302. The second-order valence-electron chi connectivity index (χ2n) is 4.97. The Balaban J connectivity index is 1.71. The highest BCUT2D eigenvalue weighted by Gasteiger charge is 2.25. The van der Waals surface area contributed by atoms with Crippen LogP contribution in [0.4, 0.5) is 0 Å². The standard InChI is InChI=1S/C12H19N3O/c1-2-6-9(5-1)11-14-12(16-15-11)10-7-3-4-8-13-10/h9-10,13H,1-8H2/t10-/m1/s1. The van der Waals surface area contributed by atoms with Crippen molar-refractivity contribution in [2.24, 2.45) is 0 Å². The van der Waals surface area contributed by atoms with E-state index in [1.54, 1.807) is 0 Å². The molecule has 4 nitrogen and oxygen atoms in total. The van der Waals surface area contributed by atoms with E-state index in [-0.39, 0.29) is 0 Å². The Kier molecular flexibility index (Phi) is 2.91. The van der Waals surface area contributed by atoms with Crippen LogP contribution in [-0.2, 0) is 0 Å². The smallest absolute Gasteiger partial charge is 0.243 e. The molecule has 3 rings (SSSR count). The molecule has 0 radical (unpaired) electrons. The maximum atomic E-state index is 5.39. The van der Waals surface area contributed by atoms with Crippen molar-refractivity contribution in [1.29, 1.82) is 0 Å². The highest BCUT2D eigenvalue weighted by Crippen LogP contribution is 2.33. The highest BCUT2D eigenvalue weighted by molar-refractivity contribution is 5.00. The molecule has 0 aromatic carbocycles. The molecular weight excluding hydrogens is 202 g/mol. The van der Waals surface area contributed by atoms with Crippen molar-refractivity contribution in [3.8, 4) is 0 Å². The van der Waals surface area contributed by atoms with E-state index in [2.05, 4.69) is 15.5 Å². The van der Waals surface area contributed by atoms with Crippen LogP contribution in [0.5, 0.6) is 0 Å². The predicted molar refractivity (Wildman–Crippen MR) is 60.1 cm³/mol. The monoisotopic (exact) mass is 221 g/mol. The van der Waals surface area contributed by atoms with Crippen molar-refractivity contribution < 1.29 is 4.52 Å². The summed E-state index contributed by atoms with van der Waals surface area (Å²) in [5, 5.41) is 7.59. The first-order valence-electron chi connectivity index (χ1n) is 6.50. The molecule has 88 valence electrons. The van der Waals surface area contributed by atoms with E-state index >= 15 is 0 Å². The summed E-state index contributed by atoms with van der Waals surface area (Å²) in [4.78, 5) is 4.58. The van der Waals surface area contributed by atoms with Crippen LogP contribution in [0.2, 0.25) is 0 Å². The molecule has 1 atom stereocenters. The Labute approximate surface area is 95.8 Å². The van der Waals surface area contributed by atoms with Crippen LogP contribution in [0.1, 0.15) is 68.6 Å². The summed E-state index contributed by atoms with van der Waals surface area (Å²) < 4.78 is 5.39. The van der Waals surface area contributed by atoms with Crippen molar-refractivity contribution >= 4 is 0 Å². The van der Waals surface area contributed by atoms with Gasteiger partial charge in [-0.3, -0.25) is 0 Å². The molecule has 2 fully saturated rings. The Morgan fingerprint density at radius 2 is 1.88 bits per heavy atom. The summed E-state index contributed by atoms with van der Waals surface area (Å²) in [7, 11) is 0. The summed E-state index contributed by atoms with van der Waals surface area (Å²) in [6.45, 7) is 1.08. The lowest BCUT2D eigenvalue weighted by Crippen LogP contribution is -2.27. The zero-order valence-corrected chi connectivity index (χ0v) is 9.61. The molecule has 1 aromatic heterocycles. The number of rotatable bonds is 2. The summed E-state index contributed by atoms with van der Waals surface area (Å²) in [5.41, 5.74) is 0. The van der Waals surface area contributed by atoms with Gasteiger partial charge >= 0.3 is 0 Å². The SMILES string of the molecule is C1CC[C@H](c2nc(C3CCCC3)no2)NC1. The topological polar surface area (TPSA) is 51.0 Å². The molecular formula is C12H19N3O. The molecule has 1 aromatic rings. The molecule has 1 aliphatic heterocycles. The zero-order chi connectivity index (χ0) is 10.8. The fraction of sp³-hybridized carbons (Fsp3) is 0.833. The van der Waals surface area contributed by atoms with Crippen LogP contribution in [0.25, 0.3) is 0 Å². The van der Waals surface area contributed by atoms with Gasteiger partial charge in [0.25, 0.3) is 0 Å². The van der Waals surface area contributed by atoms with Crippen LogP contribution >= 0.6 is 0 Å². The van der Waals surface area contributed by atoms with Crippen LogP contribution in [0, 0.1) is 0 Å². The minimum absolute atomic E-state index is 0.302. The molecule has 2 aliphatic rings. The molecule has 1 N–H and O–H groups in total. The minimum Gasteiger partial charge on any atom is -0.338 e. The van der Waals surface area contributed by atoms with Gasteiger partial charge < -0.3 is 9.84 Å². The summed E-state index contributed by atoms with van der Waals surface area (Å²) in [6, 6.07) is 0.302. The number of nitrogens with zero attached hydrogens (tertiary/aromatic N) is 2. The Bertz CT molecular complexity index is 338. The van der Waals surface area contributed by atoms with E-state index in [0.29, 0.717) is 12.0 Å². The van der Waals surface area contributed by atoms with Crippen LogP contribution < -0.4 is 5.32 Å². The molecule has 1 saturated heterocycles. The molecule has 2 heterocycles. The van der Waals surface area contributed by atoms with E-state index in [9.17, 15) is 0 Å². The maximum Gasteiger partial charge on any atom is 0.243 e. The van der Waals surface area contributed by atoms with Crippen LogP contribution in [0.3, 0.4) is 0 Å². The van der Waals surface area contributed by atoms with Gasteiger partial charge in [0.05, 0.1) is 6.04 Å². The number of hydrogen-bond donors (Lipinski definition) is 1. The second-order valence-corrected chi connectivity index (χ2v) is 4.97. The molecule has 1 aliphatic carbocycles. The highest BCUT2D eigenvalue weighted by atomic mass is 16.5. The molecule has 0 bridgehead atoms. The van der Waals surface area contributed by atoms with Gasteiger partial charge in [-0.25, -0.2) is 0 Å². The molecule has 0 amide bonds. The van der Waals surface area contributed by atoms with Crippen molar-refractivity contribution in [1.82, 2.24) is 15.5 Å². The summed E-state index contributed by atoms with van der Waals surface area (Å²) in [6.07, 6.45) is 8.76. The Morgan fingerprint density at radius 1 is 1.06 bits per heavy atom. The van der Waals surface area contributed by atoms with E-state index in [4.69, 9.17) is 4.52 Å². The lowest BCUT2D eigenvalue weighted by atomic mass is 10.0. The van der Waals surface area contributed by atoms with Crippen molar-refractivity contribution in [2.45, 2.75) is 56.9 Å². The van der Waals surface area contributed by atoms with E-state index in [1.165, 1.54) is 38.5 Å². The molecule has 1 saturated carbocycles. The van der Waals surface area contributed by atoms with E-state index < -0.39 is 0 Å². The third kappa shape index (κ3) is 1.98. The number of hydrogen-bond acceptors (Lipinski definition) is 4. The van der Waals surface area contributed by atoms with Gasteiger partial charge in [-0.1, -0.05) is 24.4 Å². The van der Waals surface area contributed by atoms with Crippen LogP contribution in [-0.4, -0.2) is 16.7 Å². The van der Waals surface area contributed by atoms with Crippen molar-refractivity contribution in [3.63, 3.8) is 0 Å². The van der Waals surface area contributed by atoms with Crippen molar-refractivity contribution in [2.75, 3.05) is 6.54 Å². The van der Waals surface area contributed by atoms with E-state index in [0.717, 1.165) is 24.7 Å². The van der Waals surface area contributed by atoms with Crippen molar-refractivity contribution in [3.05, 3.63) is 11.7 Å². The van der Waals surface area contributed by atoms with Gasteiger partial charge in [0.2, 0.25) is 5.89 Å². The molecule has 0 unspecified atom stereocenters. The third-order valence-electron chi connectivity index (χ3n) is 3.79. The van der Waals surface area contributed by atoms with E-state index in [1.807, 2.05) is 0 Å². The third-order valence-corrected chi connectivity index (χ3v) is 3.79.